The second-order valence-corrected chi connectivity index (χ2v) is 8.13. The summed E-state index contributed by atoms with van der Waals surface area (Å²) in [6, 6.07) is 7.81. The minimum atomic E-state index is -2.84. The second-order valence-electron chi connectivity index (χ2n) is 4.79. The van der Waals surface area contributed by atoms with E-state index in [0.29, 0.717) is 6.42 Å². The van der Waals surface area contributed by atoms with Gasteiger partial charge in [-0.2, -0.15) is 0 Å². The molecular formula is C14H18N2O2S2. The summed E-state index contributed by atoms with van der Waals surface area (Å²) >= 11 is 1.64. The van der Waals surface area contributed by atoms with Crippen LogP contribution in [0.4, 0.5) is 0 Å². The minimum absolute atomic E-state index is 0.260. The van der Waals surface area contributed by atoms with E-state index in [2.05, 4.69) is 9.97 Å². The molecule has 1 aromatic carbocycles. The number of unbranched alkanes of at least 4 members (excludes halogenated alkanes) is 1. The average Bonchev–Trinajstić information content (AvgIpc) is 2.37. The number of benzene rings is 1. The van der Waals surface area contributed by atoms with Crippen molar-refractivity contribution in [2.24, 2.45) is 0 Å². The maximum Gasteiger partial charge on any atom is 0.147 e. The predicted molar refractivity (Wildman–Crippen MR) is 83.9 cm³/mol. The summed E-state index contributed by atoms with van der Waals surface area (Å²) in [5.41, 5.74) is 2.74. The molecule has 0 fully saturated rings. The number of nitrogens with zero attached hydrogens (tertiary/aromatic N) is 2. The Labute approximate surface area is 123 Å². The van der Waals surface area contributed by atoms with E-state index in [1.165, 1.54) is 6.26 Å². The number of hydrogen-bond acceptors (Lipinski definition) is 5. The molecular weight excluding hydrogens is 292 g/mol. The SMILES string of the molecule is Cc1nc2ccccc2nc1SCCCCS(C)(=O)=O. The van der Waals surface area contributed by atoms with E-state index in [1.807, 2.05) is 31.2 Å². The molecule has 0 unspecified atom stereocenters. The van der Waals surface area contributed by atoms with Crippen LogP contribution in [0.5, 0.6) is 0 Å². The van der Waals surface area contributed by atoms with Gasteiger partial charge in [0, 0.05) is 12.0 Å². The zero-order valence-electron chi connectivity index (χ0n) is 11.7. The number of rotatable bonds is 6. The molecule has 0 aliphatic carbocycles. The molecule has 6 heteroatoms. The van der Waals surface area contributed by atoms with Gasteiger partial charge in [-0.15, -0.1) is 11.8 Å². The van der Waals surface area contributed by atoms with Gasteiger partial charge in [0.1, 0.15) is 14.9 Å². The van der Waals surface area contributed by atoms with Gasteiger partial charge in [-0.3, -0.25) is 0 Å². The van der Waals surface area contributed by atoms with Crippen molar-refractivity contribution in [3.63, 3.8) is 0 Å². The van der Waals surface area contributed by atoms with Crippen molar-refractivity contribution in [2.75, 3.05) is 17.8 Å². The molecule has 108 valence electrons. The van der Waals surface area contributed by atoms with Crippen molar-refractivity contribution < 1.29 is 8.42 Å². The summed E-state index contributed by atoms with van der Waals surface area (Å²) < 4.78 is 22.1. The van der Waals surface area contributed by atoms with Gasteiger partial charge in [0.2, 0.25) is 0 Å². The molecule has 2 rings (SSSR count). The Morgan fingerprint density at radius 3 is 2.40 bits per heavy atom. The maximum absolute atomic E-state index is 11.0. The monoisotopic (exact) mass is 310 g/mol. The molecule has 0 N–H and O–H groups in total. The molecule has 0 saturated carbocycles. The number of fused-ring (bicyclic) bond motifs is 1. The third-order valence-electron chi connectivity index (χ3n) is 2.85. The van der Waals surface area contributed by atoms with Crippen LogP contribution in [0, 0.1) is 6.92 Å². The predicted octanol–water partition coefficient (Wildman–Crippen LogP) is 2.86. The smallest absolute Gasteiger partial charge is 0.147 e. The van der Waals surface area contributed by atoms with E-state index < -0.39 is 9.84 Å². The summed E-state index contributed by atoms with van der Waals surface area (Å²) in [6.45, 7) is 1.96. The molecule has 0 spiro atoms. The van der Waals surface area contributed by atoms with Crippen molar-refractivity contribution in [2.45, 2.75) is 24.8 Å². The van der Waals surface area contributed by atoms with Gasteiger partial charge >= 0.3 is 0 Å². The normalized spacial score (nSPS) is 11.9. The van der Waals surface area contributed by atoms with Crippen molar-refractivity contribution in [1.82, 2.24) is 9.97 Å². The van der Waals surface area contributed by atoms with Crippen molar-refractivity contribution in [3.05, 3.63) is 30.0 Å². The number of sulfone groups is 1. The van der Waals surface area contributed by atoms with E-state index >= 15 is 0 Å². The van der Waals surface area contributed by atoms with Gasteiger partial charge in [0.15, 0.2) is 0 Å². The van der Waals surface area contributed by atoms with Crippen LogP contribution in [0.1, 0.15) is 18.5 Å². The van der Waals surface area contributed by atoms with E-state index in [9.17, 15) is 8.42 Å². The number of para-hydroxylation sites is 2. The molecule has 0 aliphatic heterocycles. The first-order valence-corrected chi connectivity index (χ1v) is 9.54. The van der Waals surface area contributed by atoms with E-state index in [0.717, 1.165) is 33.9 Å². The summed E-state index contributed by atoms with van der Waals surface area (Å²) in [4.78, 5) is 9.14. The van der Waals surface area contributed by atoms with Crippen LogP contribution in [0.25, 0.3) is 11.0 Å². The number of hydrogen-bond donors (Lipinski definition) is 0. The Hall–Kier alpha value is -1.14. The van der Waals surface area contributed by atoms with Crippen molar-refractivity contribution >= 4 is 32.6 Å². The second kappa shape index (κ2) is 6.54. The number of aromatic nitrogens is 2. The van der Waals surface area contributed by atoms with Gasteiger partial charge in [-0.25, -0.2) is 18.4 Å². The average molecular weight is 310 g/mol. The highest BCUT2D eigenvalue weighted by Crippen LogP contribution is 2.22. The van der Waals surface area contributed by atoms with Gasteiger partial charge in [-0.1, -0.05) is 12.1 Å². The summed E-state index contributed by atoms with van der Waals surface area (Å²) in [7, 11) is -2.84. The van der Waals surface area contributed by atoms with Gasteiger partial charge in [-0.05, 0) is 37.7 Å². The molecule has 1 aromatic heterocycles. The fourth-order valence-corrected chi connectivity index (χ4v) is 3.53. The molecule has 0 saturated heterocycles. The van der Waals surface area contributed by atoms with Gasteiger partial charge < -0.3 is 0 Å². The Balaban J connectivity index is 1.94. The van der Waals surface area contributed by atoms with Gasteiger partial charge in [0.25, 0.3) is 0 Å². The molecule has 4 nitrogen and oxygen atoms in total. The number of aryl methyl sites for hydroxylation is 1. The van der Waals surface area contributed by atoms with Crippen LogP contribution in [0.2, 0.25) is 0 Å². The Kier molecular flexibility index (Phi) is 4.99. The van der Waals surface area contributed by atoms with Crippen molar-refractivity contribution in [3.8, 4) is 0 Å². The largest absolute Gasteiger partial charge is 0.249 e. The standard InChI is InChI=1S/C14H18N2O2S2/c1-11-14(19-9-5-6-10-20(2,17)18)16-13-8-4-3-7-12(13)15-11/h3-4,7-8H,5-6,9-10H2,1-2H3. The fraction of sp³-hybridized carbons (Fsp3) is 0.429. The summed E-state index contributed by atoms with van der Waals surface area (Å²) in [6.07, 6.45) is 2.84. The van der Waals surface area contributed by atoms with E-state index in [-0.39, 0.29) is 5.75 Å². The lowest BCUT2D eigenvalue weighted by atomic mass is 10.3. The number of thioether (sulfide) groups is 1. The first-order valence-electron chi connectivity index (χ1n) is 6.49. The van der Waals surface area contributed by atoms with Crippen LogP contribution in [0.3, 0.4) is 0 Å². The van der Waals surface area contributed by atoms with Gasteiger partial charge in [0.05, 0.1) is 16.7 Å². The van der Waals surface area contributed by atoms with Crippen LogP contribution in [-0.4, -0.2) is 36.1 Å². The fourth-order valence-electron chi connectivity index (χ4n) is 1.84. The summed E-state index contributed by atoms with van der Waals surface area (Å²) in [5.74, 6) is 1.12. The molecule has 0 bridgehead atoms. The topological polar surface area (TPSA) is 59.9 Å². The Morgan fingerprint density at radius 1 is 1.10 bits per heavy atom. The highest BCUT2D eigenvalue weighted by molar-refractivity contribution is 7.99. The molecule has 2 aromatic rings. The minimum Gasteiger partial charge on any atom is -0.249 e. The van der Waals surface area contributed by atoms with Crippen LogP contribution < -0.4 is 0 Å². The Morgan fingerprint density at radius 2 is 1.75 bits per heavy atom. The van der Waals surface area contributed by atoms with Crippen LogP contribution >= 0.6 is 11.8 Å². The third kappa shape index (κ3) is 4.45. The lowest BCUT2D eigenvalue weighted by Gasteiger charge is -2.06. The Bertz CT molecular complexity index is 699. The van der Waals surface area contributed by atoms with Crippen LogP contribution in [0.15, 0.2) is 29.3 Å². The zero-order chi connectivity index (χ0) is 14.6. The maximum atomic E-state index is 11.0. The first kappa shape index (κ1) is 15.3. The lowest BCUT2D eigenvalue weighted by molar-refractivity contribution is 0.598. The first-order chi connectivity index (χ1) is 9.46. The molecule has 1 heterocycles. The molecule has 20 heavy (non-hydrogen) atoms. The van der Waals surface area contributed by atoms with Crippen molar-refractivity contribution in [1.29, 1.82) is 0 Å². The molecule has 0 radical (unpaired) electrons. The molecule has 0 amide bonds. The highest BCUT2D eigenvalue weighted by atomic mass is 32.2. The lowest BCUT2D eigenvalue weighted by Crippen LogP contribution is -2.03. The van der Waals surface area contributed by atoms with E-state index in [4.69, 9.17) is 0 Å². The quantitative estimate of drug-likeness (QED) is 0.606. The summed E-state index contributed by atoms with van der Waals surface area (Å²) in [5, 5.41) is 0.933. The zero-order valence-corrected chi connectivity index (χ0v) is 13.3. The molecule has 0 atom stereocenters. The van der Waals surface area contributed by atoms with Crippen LogP contribution in [-0.2, 0) is 9.84 Å². The van der Waals surface area contributed by atoms with E-state index in [1.54, 1.807) is 11.8 Å². The third-order valence-corrected chi connectivity index (χ3v) is 5.03. The highest BCUT2D eigenvalue weighted by Gasteiger charge is 2.06. The molecule has 0 aliphatic rings.